The van der Waals surface area contributed by atoms with Gasteiger partial charge in [0.2, 0.25) is 0 Å². The van der Waals surface area contributed by atoms with Gasteiger partial charge in [-0.2, -0.15) is 0 Å². The second-order valence-electron chi connectivity index (χ2n) is 5.44. The number of carbonyl (C=O) groups is 1. The molecule has 1 aromatic carbocycles. The number of carbonyl (C=O) groups excluding carboxylic acids is 1. The van der Waals surface area contributed by atoms with Crippen LogP contribution in [0.2, 0.25) is 0 Å². The predicted molar refractivity (Wildman–Crippen MR) is 79.9 cm³/mol. The molecule has 0 atom stereocenters. The molecule has 2 rings (SSSR count). The summed E-state index contributed by atoms with van der Waals surface area (Å²) >= 11 is 0. The molecule has 1 aliphatic carbocycles. The van der Waals surface area contributed by atoms with Crippen molar-refractivity contribution in [1.82, 2.24) is 0 Å². The lowest BCUT2D eigenvalue weighted by Crippen LogP contribution is -2.29. The number of rotatable bonds is 5. The number of hydrogen-bond donors (Lipinski definition) is 3. The molecule has 0 radical (unpaired) electrons. The number of benzene rings is 1. The SMILES string of the molecule is COc1cc(NC[C@H]2CC[C@H](N)CC2)ccc1C(N)=O. The molecule has 20 heavy (non-hydrogen) atoms. The number of methoxy groups -OCH3 is 1. The molecule has 5 nitrogen and oxygen atoms in total. The lowest BCUT2D eigenvalue weighted by molar-refractivity contribution is 0.0997. The first-order chi connectivity index (χ1) is 9.60. The summed E-state index contributed by atoms with van der Waals surface area (Å²) in [4.78, 5) is 11.2. The van der Waals surface area contributed by atoms with Gasteiger partial charge in [-0.25, -0.2) is 0 Å². The van der Waals surface area contributed by atoms with Crippen molar-refractivity contribution in [3.63, 3.8) is 0 Å². The van der Waals surface area contributed by atoms with E-state index in [1.165, 1.54) is 20.0 Å². The quantitative estimate of drug-likeness (QED) is 0.764. The van der Waals surface area contributed by atoms with Crippen LogP contribution in [0.1, 0.15) is 36.0 Å². The summed E-state index contributed by atoms with van der Waals surface area (Å²) < 4.78 is 5.20. The van der Waals surface area contributed by atoms with Crippen LogP contribution in [0.3, 0.4) is 0 Å². The highest BCUT2D eigenvalue weighted by molar-refractivity contribution is 5.96. The zero-order valence-electron chi connectivity index (χ0n) is 11.9. The Morgan fingerprint density at radius 2 is 2.05 bits per heavy atom. The second-order valence-corrected chi connectivity index (χ2v) is 5.44. The molecular formula is C15H23N3O2. The molecule has 0 heterocycles. The Balaban J connectivity index is 1.94. The molecular weight excluding hydrogens is 254 g/mol. The summed E-state index contributed by atoms with van der Waals surface area (Å²) in [6.45, 7) is 0.922. The number of amides is 1. The van der Waals surface area contributed by atoms with Gasteiger partial charge in [0, 0.05) is 24.3 Å². The van der Waals surface area contributed by atoms with Gasteiger partial charge in [0.05, 0.1) is 12.7 Å². The fourth-order valence-electron chi connectivity index (χ4n) is 2.66. The van der Waals surface area contributed by atoms with Crippen LogP contribution < -0.4 is 21.5 Å². The summed E-state index contributed by atoms with van der Waals surface area (Å²) in [6.07, 6.45) is 4.56. The van der Waals surface area contributed by atoms with Crippen LogP contribution in [0.4, 0.5) is 5.69 Å². The van der Waals surface area contributed by atoms with Crippen molar-refractivity contribution in [3.05, 3.63) is 23.8 Å². The van der Waals surface area contributed by atoms with Gasteiger partial charge in [0.15, 0.2) is 0 Å². The fourth-order valence-corrected chi connectivity index (χ4v) is 2.66. The van der Waals surface area contributed by atoms with Crippen LogP contribution >= 0.6 is 0 Å². The molecule has 110 valence electrons. The minimum absolute atomic E-state index is 0.376. The fraction of sp³-hybridized carbons (Fsp3) is 0.533. The van der Waals surface area contributed by atoms with Crippen molar-refractivity contribution in [2.75, 3.05) is 19.0 Å². The van der Waals surface area contributed by atoms with Crippen LogP contribution in [0.15, 0.2) is 18.2 Å². The standard InChI is InChI=1S/C15H23N3O2/c1-20-14-8-12(6-7-13(14)15(17)19)18-9-10-2-4-11(16)5-3-10/h6-8,10-11,18H,2-5,9,16H2,1H3,(H2,17,19)/t10-,11-. The van der Waals surface area contributed by atoms with E-state index in [9.17, 15) is 4.79 Å². The number of anilines is 1. The molecule has 5 heteroatoms. The number of primary amides is 1. The van der Waals surface area contributed by atoms with E-state index in [1.807, 2.05) is 12.1 Å². The van der Waals surface area contributed by atoms with E-state index in [4.69, 9.17) is 16.2 Å². The summed E-state index contributed by atoms with van der Waals surface area (Å²) in [6, 6.07) is 5.74. The van der Waals surface area contributed by atoms with E-state index >= 15 is 0 Å². The van der Waals surface area contributed by atoms with Crippen molar-refractivity contribution in [2.24, 2.45) is 17.4 Å². The van der Waals surface area contributed by atoms with Crippen LogP contribution in [-0.4, -0.2) is 25.6 Å². The molecule has 0 saturated heterocycles. The highest BCUT2D eigenvalue weighted by Gasteiger charge is 2.18. The van der Waals surface area contributed by atoms with Crippen molar-refractivity contribution in [2.45, 2.75) is 31.7 Å². The monoisotopic (exact) mass is 277 g/mol. The number of hydrogen-bond acceptors (Lipinski definition) is 4. The van der Waals surface area contributed by atoms with Gasteiger partial charge in [-0.05, 0) is 43.7 Å². The minimum atomic E-state index is -0.477. The summed E-state index contributed by atoms with van der Waals surface area (Å²) in [5, 5.41) is 3.40. The van der Waals surface area contributed by atoms with Gasteiger partial charge in [-0.15, -0.1) is 0 Å². The Morgan fingerprint density at radius 3 is 2.65 bits per heavy atom. The lowest BCUT2D eigenvalue weighted by Gasteiger charge is -2.26. The Hall–Kier alpha value is -1.75. The predicted octanol–water partition coefficient (Wildman–Crippen LogP) is 1.72. The average molecular weight is 277 g/mol. The van der Waals surface area contributed by atoms with Gasteiger partial charge in [-0.3, -0.25) is 4.79 Å². The van der Waals surface area contributed by atoms with E-state index in [2.05, 4.69) is 5.32 Å². The Bertz CT molecular complexity index is 468. The van der Waals surface area contributed by atoms with Gasteiger partial charge in [0.1, 0.15) is 5.75 Å². The highest BCUT2D eigenvalue weighted by atomic mass is 16.5. The van der Waals surface area contributed by atoms with Gasteiger partial charge in [0.25, 0.3) is 5.91 Å². The number of nitrogens with one attached hydrogen (secondary N) is 1. The lowest BCUT2D eigenvalue weighted by atomic mass is 9.86. The van der Waals surface area contributed by atoms with Crippen LogP contribution in [0, 0.1) is 5.92 Å². The zero-order chi connectivity index (χ0) is 14.5. The zero-order valence-corrected chi connectivity index (χ0v) is 11.9. The molecule has 1 saturated carbocycles. The maximum absolute atomic E-state index is 11.2. The number of nitrogens with two attached hydrogens (primary N) is 2. The Morgan fingerprint density at radius 1 is 1.35 bits per heavy atom. The third-order valence-corrected chi connectivity index (χ3v) is 3.95. The van der Waals surface area contributed by atoms with Gasteiger partial charge < -0.3 is 21.5 Å². The molecule has 0 unspecified atom stereocenters. The molecule has 1 aromatic rings. The minimum Gasteiger partial charge on any atom is -0.496 e. The Kier molecular flexibility index (Phi) is 4.84. The summed E-state index contributed by atoms with van der Waals surface area (Å²) in [5.74, 6) is 0.694. The average Bonchev–Trinajstić information content (AvgIpc) is 2.46. The molecule has 0 aliphatic heterocycles. The largest absolute Gasteiger partial charge is 0.496 e. The number of ether oxygens (including phenoxy) is 1. The smallest absolute Gasteiger partial charge is 0.252 e. The van der Waals surface area contributed by atoms with Crippen molar-refractivity contribution < 1.29 is 9.53 Å². The third kappa shape index (κ3) is 3.63. The van der Waals surface area contributed by atoms with E-state index in [0.29, 0.717) is 23.3 Å². The van der Waals surface area contributed by atoms with E-state index in [0.717, 1.165) is 25.1 Å². The highest BCUT2D eigenvalue weighted by Crippen LogP contribution is 2.26. The molecule has 1 amide bonds. The van der Waals surface area contributed by atoms with Crippen LogP contribution in [-0.2, 0) is 0 Å². The molecule has 0 bridgehead atoms. The first kappa shape index (κ1) is 14.7. The summed E-state index contributed by atoms with van der Waals surface area (Å²) in [5.41, 5.74) is 12.5. The molecule has 0 spiro atoms. The molecule has 0 aromatic heterocycles. The van der Waals surface area contributed by atoms with E-state index in [-0.39, 0.29) is 0 Å². The van der Waals surface area contributed by atoms with Crippen LogP contribution in [0.5, 0.6) is 5.75 Å². The third-order valence-electron chi connectivity index (χ3n) is 3.95. The first-order valence-electron chi connectivity index (χ1n) is 7.07. The first-order valence-corrected chi connectivity index (χ1v) is 7.07. The molecule has 1 aliphatic rings. The topological polar surface area (TPSA) is 90.4 Å². The van der Waals surface area contributed by atoms with E-state index < -0.39 is 5.91 Å². The van der Waals surface area contributed by atoms with Crippen LogP contribution in [0.25, 0.3) is 0 Å². The van der Waals surface area contributed by atoms with Crippen molar-refractivity contribution >= 4 is 11.6 Å². The Labute approximate surface area is 119 Å². The maximum atomic E-state index is 11.2. The molecule has 1 fully saturated rings. The normalized spacial score (nSPS) is 22.3. The second kappa shape index (κ2) is 6.61. The van der Waals surface area contributed by atoms with E-state index in [1.54, 1.807) is 6.07 Å². The maximum Gasteiger partial charge on any atom is 0.252 e. The molecule has 5 N–H and O–H groups in total. The van der Waals surface area contributed by atoms with Crippen molar-refractivity contribution in [1.29, 1.82) is 0 Å². The van der Waals surface area contributed by atoms with Gasteiger partial charge in [-0.1, -0.05) is 0 Å². The van der Waals surface area contributed by atoms with Gasteiger partial charge >= 0.3 is 0 Å². The summed E-state index contributed by atoms with van der Waals surface area (Å²) in [7, 11) is 1.54. The van der Waals surface area contributed by atoms with Crippen molar-refractivity contribution in [3.8, 4) is 5.75 Å².